The molecule has 0 radical (unpaired) electrons. The Morgan fingerprint density at radius 2 is 2.06 bits per heavy atom. The van der Waals surface area contributed by atoms with Crippen LogP contribution in [0.2, 0.25) is 0 Å². The largest absolute Gasteiger partial charge is 0.461 e. The first-order chi connectivity index (χ1) is 23.5. The molecule has 5 aliphatic rings. The van der Waals surface area contributed by atoms with Gasteiger partial charge in [0.1, 0.15) is 41.7 Å². The van der Waals surface area contributed by atoms with Crippen LogP contribution < -0.4 is 15.4 Å². The molecule has 242 valence electrons. The molecule has 12 heteroatoms. The minimum atomic E-state index is -2.39. The minimum Gasteiger partial charge on any atom is -0.461 e. The predicted octanol–water partition coefficient (Wildman–Crippen LogP) is 5.21. The Morgan fingerprint density at radius 1 is 1.21 bits per heavy atom. The molecule has 47 heavy (non-hydrogen) atoms. The van der Waals surface area contributed by atoms with Crippen molar-refractivity contribution < 1.29 is 29.8 Å². The summed E-state index contributed by atoms with van der Waals surface area (Å²) in [6.45, 7) is -0.632. The first kappa shape index (κ1) is 26.8. The lowest BCUT2D eigenvalue weighted by Gasteiger charge is -2.31. The van der Waals surface area contributed by atoms with Crippen LogP contribution in [0, 0.1) is 35.3 Å². The number of alkyl halides is 2. The van der Waals surface area contributed by atoms with Gasteiger partial charge in [0.25, 0.3) is 0 Å². The lowest BCUT2D eigenvalue weighted by molar-refractivity contribution is 0.107. The monoisotopic (exact) mass is 646 g/mol. The van der Waals surface area contributed by atoms with E-state index in [9.17, 15) is 11.5 Å². The summed E-state index contributed by atoms with van der Waals surface area (Å²) in [6, 6.07) is 4.70. The van der Waals surface area contributed by atoms with Crippen molar-refractivity contribution in [1.29, 1.82) is 0 Å². The molecule has 3 saturated heterocycles. The van der Waals surface area contributed by atoms with Crippen LogP contribution in [0.25, 0.3) is 32.9 Å². The Morgan fingerprint density at radius 3 is 2.87 bits per heavy atom. The highest BCUT2D eigenvalue weighted by Gasteiger charge is 2.67. The third kappa shape index (κ3) is 4.32. The topological polar surface area (TPSA) is 89.6 Å². The van der Waals surface area contributed by atoms with Gasteiger partial charge in [-0.25, -0.2) is 17.6 Å². The second-order valence-corrected chi connectivity index (χ2v) is 13.6. The molecule has 2 aliphatic carbocycles. The van der Waals surface area contributed by atoms with Gasteiger partial charge in [-0.1, -0.05) is 12.0 Å². The highest BCUT2D eigenvalue weighted by molar-refractivity contribution is 6.03. The second-order valence-electron chi connectivity index (χ2n) is 13.6. The van der Waals surface area contributed by atoms with E-state index in [0.29, 0.717) is 37.7 Å². The van der Waals surface area contributed by atoms with Gasteiger partial charge in [0.15, 0.2) is 5.82 Å². The van der Waals surface area contributed by atoms with Crippen LogP contribution in [-0.4, -0.2) is 83.2 Å². The highest BCUT2D eigenvalue weighted by atomic mass is 19.1. The average Bonchev–Trinajstić information content (AvgIpc) is 3.79. The van der Waals surface area contributed by atoms with E-state index in [1.165, 1.54) is 24.4 Å². The number of hydrogen-bond donors (Lipinski definition) is 1. The maximum Gasteiger partial charge on any atom is 0.319 e. The normalized spacial score (nSPS) is 32.1. The molecule has 6 atom stereocenters. The third-order valence-electron chi connectivity index (χ3n) is 10.8. The molecule has 0 bridgehead atoms. The zero-order chi connectivity index (χ0) is 34.0. The second kappa shape index (κ2) is 10.1. The van der Waals surface area contributed by atoms with Crippen molar-refractivity contribution >= 4 is 33.2 Å². The summed E-state index contributed by atoms with van der Waals surface area (Å²) in [7, 11) is 0. The van der Waals surface area contributed by atoms with Crippen LogP contribution in [0.3, 0.4) is 0 Å². The van der Waals surface area contributed by atoms with Crippen molar-refractivity contribution in [3.63, 3.8) is 0 Å². The Labute approximate surface area is 271 Å². The fraction of sp³-hybridized carbons (Fsp3) is 0.457. The predicted molar refractivity (Wildman–Crippen MR) is 168 cm³/mol. The van der Waals surface area contributed by atoms with Gasteiger partial charge in [-0.2, -0.15) is 9.97 Å². The van der Waals surface area contributed by atoms with E-state index in [2.05, 4.69) is 20.9 Å². The average molecular weight is 647 g/mol. The molecule has 5 fully saturated rings. The van der Waals surface area contributed by atoms with E-state index >= 15 is 8.78 Å². The molecule has 8 nitrogen and oxygen atoms in total. The summed E-state index contributed by atoms with van der Waals surface area (Å²) in [5.41, 5.74) is 4.29. The quantitative estimate of drug-likeness (QED) is 0.180. The molecule has 0 amide bonds. The fourth-order valence-electron chi connectivity index (χ4n) is 8.27. The number of aromatic nitrogens is 3. The summed E-state index contributed by atoms with van der Waals surface area (Å²) >= 11 is 0. The molecular formula is C35H32F4N6O2. The number of hydrogen-bond acceptors (Lipinski definition) is 8. The summed E-state index contributed by atoms with van der Waals surface area (Å²) < 4.78 is 91.6. The van der Waals surface area contributed by atoms with E-state index in [-0.39, 0.29) is 70.8 Å². The lowest BCUT2D eigenvalue weighted by Crippen LogP contribution is -2.43. The van der Waals surface area contributed by atoms with Gasteiger partial charge >= 0.3 is 6.01 Å². The van der Waals surface area contributed by atoms with Crippen molar-refractivity contribution in [2.24, 2.45) is 11.3 Å². The first-order valence-electron chi connectivity index (χ1n) is 16.9. The Balaban J connectivity index is 1.22. The molecule has 2 aromatic carbocycles. The Bertz CT molecular complexity index is 2120. The van der Waals surface area contributed by atoms with Crippen LogP contribution in [0.1, 0.15) is 34.0 Å². The molecule has 5 heterocycles. The number of ether oxygens (including phenoxy) is 2. The lowest BCUT2D eigenvalue weighted by atomic mass is 9.89. The van der Waals surface area contributed by atoms with Gasteiger partial charge in [-0.3, -0.25) is 9.88 Å². The molecule has 2 N–H and O–H groups in total. The third-order valence-corrected chi connectivity index (χ3v) is 10.8. The van der Waals surface area contributed by atoms with Crippen molar-refractivity contribution in [3.05, 3.63) is 47.7 Å². The van der Waals surface area contributed by atoms with Crippen molar-refractivity contribution in [1.82, 2.24) is 19.9 Å². The minimum absolute atomic E-state index is 0.0892. The number of fused-ring (bicyclic) bond motifs is 4. The fourth-order valence-corrected chi connectivity index (χ4v) is 8.27. The number of nitrogens with two attached hydrogens (primary N) is 1. The Kier molecular flexibility index (Phi) is 5.79. The number of anilines is 2. The summed E-state index contributed by atoms with van der Waals surface area (Å²) in [5.74, 6) is 0.458. The van der Waals surface area contributed by atoms with E-state index < -0.39 is 59.5 Å². The van der Waals surface area contributed by atoms with Crippen LogP contribution in [-0.2, 0) is 4.74 Å². The molecular weight excluding hydrogens is 612 g/mol. The van der Waals surface area contributed by atoms with Crippen molar-refractivity contribution in [2.75, 3.05) is 50.0 Å². The Hall–Kier alpha value is -4.21. The van der Waals surface area contributed by atoms with Gasteiger partial charge in [0.05, 0.1) is 38.5 Å². The van der Waals surface area contributed by atoms with Crippen LogP contribution in [0.4, 0.5) is 29.1 Å². The number of benzene rings is 2. The number of rotatable bonds is 5. The summed E-state index contributed by atoms with van der Waals surface area (Å²) in [4.78, 5) is 17.1. The summed E-state index contributed by atoms with van der Waals surface area (Å²) in [6.07, 6.45) is 6.67. The molecule has 4 aromatic rings. The molecule has 2 aromatic heterocycles. The maximum atomic E-state index is 17.0. The van der Waals surface area contributed by atoms with Crippen LogP contribution in [0.5, 0.6) is 6.01 Å². The number of nitrogens with zero attached hydrogens (tertiary/aromatic N) is 5. The van der Waals surface area contributed by atoms with Crippen LogP contribution in [0.15, 0.2) is 30.5 Å². The zero-order valence-electron chi connectivity index (χ0n) is 27.3. The molecule has 2 saturated carbocycles. The number of nitrogen functional groups attached to an aromatic ring is 1. The van der Waals surface area contributed by atoms with Crippen molar-refractivity contribution in [2.45, 2.75) is 49.6 Å². The standard InChI is InChI=1S/C35H32F4N6O2/c1-2-20-24(36)5-4-18-10-19(40)11-21(26(18)20)29-28(39)30-22(13-41-29)32(45-8-9-46-14-23-27(38)31(23)45)43-33(42-30)47-17-35-6-3-7-44(35)16-34(15-35)12-25(34)37/h1,4-5,10-11,13,23,25,27,31H,3,6-9,12,14-17,40H2/t23-,25+,27-,31?,34-,35-/m0/s1/i17D2. The number of pyridine rings is 1. The van der Waals surface area contributed by atoms with Gasteiger partial charge in [0, 0.05) is 47.3 Å². The van der Waals surface area contributed by atoms with Crippen LogP contribution >= 0.6 is 0 Å². The van der Waals surface area contributed by atoms with E-state index in [1.54, 1.807) is 11.0 Å². The molecule has 3 aliphatic heterocycles. The van der Waals surface area contributed by atoms with Gasteiger partial charge in [-0.15, -0.1) is 6.42 Å². The van der Waals surface area contributed by atoms with Gasteiger partial charge in [-0.05, 0) is 55.8 Å². The number of terminal acetylenes is 1. The van der Waals surface area contributed by atoms with E-state index in [4.69, 9.17) is 21.6 Å². The van der Waals surface area contributed by atoms with E-state index in [1.807, 2.05) is 4.90 Å². The van der Waals surface area contributed by atoms with Gasteiger partial charge in [0.2, 0.25) is 0 Å². The molecule has 1 unspecified atom stereocenters. The van der Waals surface area contributed by atoms with Crippen molar-refractivity contribution in [3.8, 4) is 29.6 Å². The van der Waals surface area contributed by atoms with E-state index in [0.717, 1.165) is 0 Å². The first-order valence-corrected chi connectivity index (χ1v) is 15.9. The highest BCUT2D eigenvalue weighted by Crippen LogP contribution is 2.62. The molecule has 1 spiro atoms. The molecule has 9 rings (SSSR count). The maximum absolute atomic E-state index is 17.0. The van der Waals surface area contributed by atoms with Gasteiger partial charge < -0.3 is 20.1 Å². The smallest absolute Gasteiger partial charge is 0.319 e. The summed E-state index contributed by atoms with van der Waals surface area (Å²) in [5, 5.41) is 0.854. The SMILES string of the molecule is [2H]C([2H])(Oc1nc(N2CCOC[C@@H]3C2[C@H]3F)c2cnc(-c3cc(N)cc4ccc(F)c(C#C)c34)c(F)c2n1)[C@@]12CCCN1C[C@]1(C[C@H]1F)C2. The zero-order valence-corrected chi connectivity index (χ0v) is 25.3. The number of halogens is 4.